The van der Waals surface area contributed by atoms with E-state index in [4.69, 9.17) is 23.2 Å². The van der Waals surface area contributed by atoms with E-state index in [9.17, 15) is 9.59 Å². The summed E-state index contributed by atoms with van der Waals surface area (Å²) in [6, 6.07) is 21.1. The van der Waals surface area contributed by atoms with Crippen LogP contribution in [0.25, 0.3) is 5.57 Å². The van der Waals surface area contributed by atoms with Gasteiger partial charge in [0.25, 0.3) is 11.8 Å². The zero-order valence-corrected chi connectivity index (χ0v) is 17.0. The molecule has 1 aliphatic heterocycles. The van der Waals surface area contributed by atoms with E-state index < -0.39 is 11.8 Å². The number of nitrogens with one attached hydrogen (secondary N) is 1. The molecule has 0 unspecified atom stereocenters. The summed E-state index contributed by atoms with van der Waals surface area (Å²) in [6.07, 6.45) is 0. The van der Waals surface area contributed by atoms with Crippen LogP contribution < -0.4 is 10.2 Å². The Morgan fingerprint density at radius 1 is 0.828 bits per heavy atom. The lowest BCUT2D eigenvalue weighted by atomic mass is 10.0. The van der Waals surface area contributed by atoms with Gasteiger partial charge in [0.1, 0.15) is 5.70 Å². The molecule has 0 spiro atoms. The average molecular weight is 423 g/mol. The molecule has 1 N–H and O–H groups in total. The highest BCUT2D eigenvalue weighted by molar-refractivity contribution is 6.46. The van der Waals surface area contributed by atoms with Gasteiger partial charge in [-0.3, -0.25) is 9.59 Å². The van der Waals surface area contributed by atoms with Gasteiger partial charge in [0.15, 0.2) is 0 Å². The molecule has 0 bridgehead atoms. The SMILES string of the molecule is Cc1c(Cl)cccc1NC1=C(c2ccccc2)C(=O)N(c2cccc(Cl)c2)C1=O. The largest absolute Gasteiger partial charge is 0.350 e. The summed E-state index contributed by atoms with van der Waals surface area (Å²) in [5, 5.41) is 4.15. The van der Waals surface area contributed by atoms with Crippen molar-refractivity contribution in [3.05, 3.63) is 99.7 Å². The Kier molecular flexibility index (Phi) is 5.14. The Morgan fingerprint density at radius 2 is 1.55 bits per heavy atom. The standard InChI is InChI=1S/C23H16Cl2N2O2/c1-14-18(25)11-6-12-19(14)26-21-20(15-7-3-2-4-8-15)22(28)27(23(21)29)17-10-5-9-16(24)13-17/h2-13,26H,1H3. The maximum absolute atomic E-state index is 13.3. The number of hydrogen-bond acceptors (Lipinski definition) is 3. The molecule has 0 aliphatic carbocycles. The maximum atomic E-state index is 13.3. The van der Waals surface area contributed by atoms with Crippen molar-refractivity contribution >= 4 is 52.0 Å². The minimum absolute atomic E-state index is 0.201. The smallest absolute Gasteiger partial charge is 0.282 e. The first-order chi connectivity index (χ1) is 14.0. The maximum Gasteiger partial charge on any atom is 0.282 e. The number of rotatable bonds is 4. The summed E-state index contributed by atoms with van der Waals surface area (Å²) in [5.74, 6) is -0.860. The number of anilines is 2. The Labute approximate surface area is 178 Å². The van der Waals surface area contributed by atoms with Gasteiger partial charge in [0.05, 0.1) is 11.3 Å². The van der Waals surface area contributed by atoms with E-state index in [0.29, 0.717) is 32.6 Å². The Hall–Kier alpha value is -3.08. The molecule has 0 saturated heterocycles. The van der Waals surface area contributed by atoms with Gasteiger partial charge in [-0.05, 0) is 48.4 Å². The van der Waals surface area contributed by atoms with Gasteiger partial charge in [0, 0.05) is 15.7 Å². The highest BCUT2D eigenvalue weighted by atomic mass is 35.5. The van der Waals surface area contributed by atoms with E-state index in [0.717, 1.165) is 10.5 Å². The van der Waals surface area contributed by atoms with Gasteiger partial charge in [-0.25, -0.2) is 4.90 Å². The molecule has 29 heavy (non-hydrogen) atoms. The second-order valence-electron chi connectivity index (χ2n) is 6.58. The van der Waals surface area contributed by atoms with E-state index >= 15 is 0 Å². The van der Waals surface area contributed by atoms with Crippen molar-refractivity contribution in [2.24, 2.45) is 0 Å². The summed E-state index contributed by atoms with van der Waals surface area (Å²) in [4.78, 5) is 27.8. The fraction of sp³-hybridized carbons (Fsp3) is 0.0435. The van der Waals surface area contributed by atoms with Crippen molar-refractivity contribution in [1.29, 1.82) is 0 Å². The minimum atomic E-state index is -0.449. The van der Waals surface area contributed by atoms with Crippen LogP contribution in [0.2, 0.25) is 10.0 Å². The molecular weight excluding hydrogens is 407 g/mol. The number of benzene rings is 3. The van der Waals surface area contributed by atoms with Gasteiger partial charge in [0.2, 0.25) is 0 Å². The van der Waals surface area contributed by atoms with Crippen LogP contribution in [-0.4, -0.2) is 11.8 Å². The lowest BCUT2D eigenvalue weighted by Gasteiger charge is -2.16. The first-order valence-corrected chi connectivity index (χ1v) is 9.69. The first-order valence-electron chi connectivity index (χ1n) is 8.93. The van der Waals surface area contributed by atoms with E-state index in [-0.39, 0.29) is 5.70 Å². The van der Waals surface area contributed by atoms with Crippen LogP contribution in [0.3, 0.4) is 0 Å². The van der Waals surface area contributed by atoms with Crippen LogP contribution in [0.5, 0.6) is 0 Å². The second kappa shape index (κ2) is 7.74. The molecule has 0 radical (unpaired) electrons. The number of hydrogen-bond donors (Lipinski definition) is 1. The van der Waals surface area contributed by atoms with Crippen molar-refractivity contribution in [2.75, 3.05) is 10.2 Å². The van der Waals surface area contributed by atoms with E-state index in [1.165, 1.54) is 0 Å². The molecule has 1 heterocycles. The topological polar surface area (TPSA) is 49.4 Å². The normalized spacial score (nSPS) is 14.0. The molecule has 2 amide bonds. The molecule has 6 heteroatoms. The molecule has 4 nitrogen and oxygen atoms in total. The molecule has 3 aromatic carbocycles. The van der Waals surface area contributed by atoms with Crippen LogP contribution in [0.4, 0.5) is 11.4 Å². The summed E-state index contributed by atoms with van der Waals surface area (Å²) in [5.41, 5.74) is 3.02. The summed E-state index contributed by atoms with van der Waals surface area (Å²) in [6.45, 7) is 1.85. The van der Waals surface area contributed by atoms with Crippen LogP contribution in [0.1, 0.15) is 11.1 Å². The lowest BCUT2D eigenvalue weighted by Crippen LogP contribution is -2.32. The molecule has 0 atom stereocenters. The van der Waals surface area contributed by atoms with Crippen LogP contribution in [0.15, 0.2) is 78.5 Å². The quantitative estimate of drug-likeness (QED) is 0.548. The van der Waals surface area contributed by atoms with Crippen molar-refractivity contribution in [2.45, 2.75) is 6.92 Å². The highest BCUT2D eigenvalue weighted by Gasteiger charge is 2.40. The Bertz CT molecular complexity index is 1160. The predicted molar refractivity (Wildman–Crippen MR) is 117 cm³/mol. The Balaban J connectivity index is 1.85. The number of imide groups is 1. The van der Waals surface area contributed by atoms with Crippen LogP contribution >= 0.6 is 23.2 Å². The molecule has 4 rings (SSSR count). The summed E-state index contributed by atoms with van der Waals surface area (Å²) < 4.78 is 0. The fourth-order valence-electron chi connectivity index (χ4n) is 3.25. The van der Waals surface area contributed by atoms with Gasteiger partial charge in [-0.15, -0.1) is 0 Å². The number of amides is 2. The van der Waals surface area contributed by atoms with Gasteiger partial charge >= 0.3 is 0 Å². The molecule has 3 aromatic rings. The minimum Gasteiger partial charge on any atom is -0.350 e. The van der Waals surface area contributed by atoms with Crippen molar-refractivity contribution in [3.63, 3.8) is 0 Å². The first kappa shape index (κ1) is 19.2. The summed E-state index contributed by atoms with van der Waals surface area (Å²) in [7, 11) is 0. The Morgan fingerprint density at radius 3 is 2.28 bits per heavy atom. The third kappa shape index (κ3) is 3.53. The third-order valence-electron chi connectivity index (χ3n) is 4.74. The number of halogens is 2. The predicted octanol–water partition coefficient (Wildman–Crippen LogP) is 5.70. The van der Waals surface area contributed by atoms with Crippen molar-refractivity contribution in [3.8, 4) is 0 Å². The molecule has 1 aliphatic rings. The number of carbonyl (C=O) groups is 2. The van der Waals surface area contributed by atoms with E-state index in [1.807, 2.05) is 31.2 Å². The lowest BCUT2D eigenvalue weighted by molar-refractivity contribution is -0.120. The van der Waals surface area contributed by atoms with Gasteiger partial charge < -0.3 is 5.32 Å². The average Bonchev–Trinajstić information content (AvgIpc) is 2.96. The summed E-state index contributed by atoms with van der Waals surface area (Å²) >= 11 is 12.3. The molecule has 0 fully saturated rings. The van der Waals surface area contributed by atoms with Gasteiger partial charge in [-0.2, -0.15) is 0 Å². The second-order valence-corrected chi connectivity index (χ2v) is 7.42. The third-order valence-corrected chi connectivity index (χ3v) is 5.38. The zero-order valence-electron chi connectivity index (χ0n) is 15.4. The highest BCUT2D eigenvalue weighted by Crippen LogP contribution is 2.35. The van der Waals surface area contributed by atoms with Crippen LogP contribution in [0, 0.1) is 6.92 Å². The number of carbonyl (C=O) groups excluding carboxylic acids is 2. The van der Waals surface area contributed by atoms with Crippen molar-refractivity contribution in [1.82, 2.24) is 0 Å². The molecule has 144 valence electrons. The molecule has 0 aromatic heterocycles. The van der Waals surface area contributed by atoms with E-state index in [1.54, 1.807) is 48.5 Å². The van der Waals surface area contributed by atoms with E-state index in [2.05, 4.69) is 5.32 Å². The monoisotopic (exact) mass is 422 g/mol. The van der Waals surface area contributed by atoms with Crippen molar-refractivity contribution < 1.29 is 9.59 Å². The molecular formula is C23H16Cl2N2O2. The molecule has 0 saturated carbocycles. The van der Waals surface area contributed by atoms with Crippen LogP contribution in [-0.2, 0) is 9.59 Å². The zero-order chi connectivity index (χ0) is 20.5. The number of nitrogens with zero attached hydrogens (tertiary/aromatic N) is 1. The fourth-order valence-corrected chi connectivity index (χ4v) is 3.60. The van der Waals surface area contributed by atoms with Gasteiger partial charge in [-0.1, -0.05) is 65.7 Å².